The summed E-state index contributed by atoms with van der Waals surface area (Å²) >= 11 is 6.76. The lowest BCUT2D eigenvalue weighted by Crippen LogP contribution is -2.36. The van der Waals surface area contributed by atoms with Crippen molar-refractivity contribution in [2.75, 3.05) is 110 Å². The highest BCUT2D eigenvalue weighted by Crippen LogP contribution is 2.40. The van der Waals surface area contributed by atoms with Gasteiger partial charge in [0.25, 0.3) is 0 Å². The molecule has 6 aromatic rings. The van der Waals surface area contributed by atoms with Crippen molar-refractivity contribution in [1.82, 2.24) is 29.9 Å². The van der Waals surface area contributed by atoms with E-state index in [1.54, 1.807) is 36.9 Å². The summed E-state index contributed by atoms with van der Waals surface area (Å²) in [6.45, 7) is 10.9. The van der Waals surface area contributed by atoms with Gasteiger partial charge in [0.15, 0.2) is 0 Å². The zero-order valence-corrected chi connectivity index (χ0v) is 38.4. The lowest BCUT2D eigenvalue weighted by Gasteiger charge is -2.30. The number of morpholine rings is 2. The van der Waals surface area contributed by atoms with Crippen LogP contribution in [-0.2, 0) is 31.6 Å². The maximum atomic E-state index is 10.4. The lowest BCUT2D eigenvalue weighted by atomic mass is 9.85. The number of aliphatic hydroxyl groups is 1. The molecule has 5 N–H and O–H groups in total. The largest absolute Gasteiger partial charge is 0.395 e. The van der Waals surface area contributed by atoms with E-state index in [0.29, 0.717) is 123 Å². The van der Waals surface area contributed by atoms with Crippen molar-refractivity contribution in [3.8, 4) is 34.7 Å². The van der Waals surface area contributed by atoms with E-state index in [-0.39, 0.29) is 13.2 Å². The van der Waals surface area contributed by atoms with Crippen LogP contribution in [-0.4, -0.2) is 114 Å². The molecule has 2 saturated heterocycles. The minimum atomic E-state index is -0.466. The molecule has 346 valence electrons. The molecular formula is C49H49ClN14O4. The summed E-state index contributed by atoms with van der Waals surface area (Å²) in [7, 11) is 0. The summed E-state index contributed by atoms with van der Waals surface area (Å²) in [6.07, 6.45) is 6.90. The maximum Gasteiger partial charge on any atom is 0.227 e. The summed E-state index contributed by atoms with van der Waals surface area (Å²) in [5.41, 5.74) is 8.45. The molecule has 2 aromatic carbocycles. The average molecular weight is 933 g/mol. The van der Waals surface area contributed by atoms with E-state index in [0.717, 1.165) is 50.8 Å². The third kappa shape index (κ3) is 8.88. The molecule has 19 heteroatoms. The number of aliphatic hydroxyl groups excluding tert-OH is 1. The topological polar surface area (TPSA) is 227 Å². The minimum Gasteiger partial charge on any atom is -0.395 e. The maximum absolute atomic E-state index is 10.4. The van der Waals surface area contributed by atoms with Gasteiger partial charge in [0.05, 0.1) is 90.8 Å². The lowest BCUT2D eigenvalue weighted by molar-refractivity contribution is 0.0830. The monoisotopic (exact) mass is 932 g/mol. The van der Waals surface area contributed by atoms with Gasteiger partial charge in [-0.1, -0.05) is 25.4 Å². The molecule has 4 aliphatic heterocycles. The molecule has 2 atom stereocenters. The van der Waals surface area contributed by atoms with Crippen LogP contribution in [0.4, 0.5) is 46.3 Å². The molecule has 2 unspecified atom stereocenters. The number of rotatable bonds is 13. The van der Waals surface area contributed by atoms with Crippen LogP contribution in [0.5, 0.6) is 0 Å². The van der Waals surface area contributed by atoms with Crippen LogP contribution >= 0.6 is 11.6 Å². The smallest absolute Gasteiger partial charge is 0.227 e. The van der Waals surface area contributed by atoms with Crippen LogP contribution < -0.4 is 31.1 Å². The van der Waals surface area contributed by atoms with Gasteiger partial charge in [-0.15, -0.1) is 0 Å². The number of hydrogen-bond donors (Lipinski definition) is 5. The highest BCUT2D eigenvalue weighted by Gasteiger charge is 2.37. The highest BCUT2D eigenvalue weighted by molar-refractivity contribution is 6.33. The quantitative estimate of drug-likeness (QED) is 0.0830. The highest BCUT2D eigenvalue weighted by atomic mass is 35.5. The normalized spacial score (nSPS) is 19.6. The van der Waals surface area contributed by atoms with E-state index in [1.165, 1.54) is 0 Å². The first kappa shape index (κ1) is 44.6. The van der Waals surface area contributed by atoms with E-state index >= 15 is 0 Å². The van der Waals surface area contributed by atoms with Gasteiger partial charge in [0.1, 0.15) is 23.8 Å². The molecule has 4 aromatic heterocycles. The Morgan fingerprint density at radius 3 is 1.79 bits per heavy atom. The number of halogens is 1. The van der Waals surface area contributed by atoms with Gasteiger partial charge in [0.2, 0.25) is 11.9 Å². The number of aromatic nitrogens is 6. The SMILES string of the molecule is CC1(CO)CNc2ncc(-c3ccnc(Nc4cc(C#N)c(N5CCOCC5)cc4COCC4(C)CNc5ncc(-c6ccnc(Nc7cc(C#N)c(N8CCOCC8)cc7Cl)n6)cc54)n3)cc21. The number of pyridine rings is 2. The van der Waals surface area contributed by atoms with Gasteiger partial charge in [-0.25, -0.2) is 29.9 Å². The predicted octanol–water partition coefficient (Wildman–Crippen LogP) is 6.52. The fourth-order valence-corrected chi connectivity index (χ4v) is 9.26. The number of benzene rings is 2. The van der Waals surface area contributed by atoms with Crippen LogP contribution in [0.1, 0.15) is 41.7 Å². The van der Waals surface area contributed by atoms with E-state index < -0.39 is 10.8 Å². The Bertz CT molecular complexity index is 2970. The first-order valence-electron chi connectivity index (χ1n) is 22.5. The fourth-order valence-electron chi connectivity index (χ4n) is 9.05. The van der Waals surface area contributed by atoms with Crippen molar-refractivity contribution < 1.29 is 19.3 Å². The Hall–Kier alpha value is -7.19. The fraction of sp³-hybridized carbons (Fsp3) is 0.347. The first-order chi connectivity index (χ1) is 33.1. The van der Waals surface area contributed by atoms with Crippen LogP contribution in [0.15, 0.2) is 73.3 Å². The van der Waals surface area contributed by atoms with Gasteiger partial charge < -0.3 is 50.4 Å². The van der Waals surface area contributed by atoms with Crippen LogP contribution in [0.3, 0.4) is 0 Å². The van der Waals surface area contributed by atoms with E-state index in [9.17, 15) is 15.6 Å². The van der Waals surface area contributed by atoms with Gasteiger partial charge in [-0.05, 0) is 48.5 Å². The second-order valence-corrected chi connectivity index (χ2v) is 18.2. The Balaban J connectivity index is 0.884. The van der Waals surface area contributed by atoms with E-state index in [4.69, 9.17) is 40.8 Å². The molecule has 0 radical (unpaired) electrons. The number of nitrogens with one attached hydrogen (secondary N) is 4. The molecule has 2 fully saturated rings. The number of hydrogen-bond acceptors (Lipinski definition) is 18. The average Bonchev–Trinajstić information content (AvgIpc) is 3.90. The predicted molar refractivity (Wildman–Crippen MR) is 259 cm³/mol. The molecule has 68 heavy (non-hydrogen) atoms. The molecule has 0 aliphatic carbocycles. The third-order valence-electron chi connectivity index (χ3n) is 13.0. The van der Waals surface area contributed by atoms with E-state index in [2.05, 4.69) is 71.1 Å². The van der Waals surface area contributed by atoms with Crippen molar-refractivity contribution in [1.29, 1.82) is 10.5 Å². The van der Waals surface area contributed by atoms with Gasteiger partial charge in [-0.2, -0.15) is 10.5 Å². The van der Waals surface area contributed by atoms with Crippen molar-refractivity contribution in [2.45, 2.75) is 31.3 Å². The molecule has 10 rings (SSSR count). The zero-order valence-electron chi connectivity index (χ0n) is 37.6. The Morgan fingerprint density at radius 2 is 1.24 bits per heavy atom. The van der Waals surface area contributed by atoms with Crippen molar-refractivity contribution in [3.05, 3.63) is 106 Å². The molecule has 0 spiro atoms. The van der Waals surface area contributed by atoms with Crippen LogP contribution in [0.25, 0.3) is 22.5 Å². The first-order valence-corrected chi connectivity index (χ1v) is 22.9. The summed E-state index contributed by atoms with van der Waals surface area (Å²) < 4.78 is 17.8. The zero-order chi connectivity index (χ0) is 46.8. The minimum absolute atomic E-state index is 0.0144. The number of nitrogens with zero attached hydrogens (tertiary/aromatic N) is 10. The summed E-state index contributed by atoms with van der Waals surface area (Å²) in [6, 6.07) is 19.8. The number of anilines is 8. The second-order valence-electron chi connectivity index (χ2n) is 17.8. The van der Waals surface area contributed by atoms with Crippen molar-refractivity contribution >= 4 is 57.9 Å². The molecule has 0 bridgehead atoms. The molecule has 18 nitrogen and oxygen atoms in total. The second kappa shape index (κ2) is 18.8. The molecule has 4 aliphatic rings. The Kier molecular flexibility index (Phi) is 12.4. The molecule has 0 amide bonds. The van der Waals surface area contributed by atoms with Gasteiger partial charge in [0, 0.05) is 108 Å². The number of nitriles is 2. The third-order valence-corrected chi connectivity index (χ3v) is 13.4. The van der Waals surface area contributed by atoms with Crippen LogP contribution in [0, 0.1) is 22.7 Å². The van der Waals surface area contributed by atoms with Crippen molar-refractivity contribution in [2.24, 2.45) is 0 Å². The molecule has 0 saturated carbocycles. The Morgan fingerprint density at radius 1 is 0.721 bits per heavy atom. The number of ether oxygens (including phenoxy) is 3. The summed E-state index contributed by atoms with van der Waals surface area (Å²) in [5.74, 6) is 2.19. The van der Waals surface area contributed by atoms with Crippen LogP contribution in [0.2, 0.25) is 5.02 Å². The van der Waals surface area contributed by atoms with Gasteiger partial charge >= 0.3 is 0 Å². The summed E-state index contributed by atoms with van der Waals surface area (Å²) in [4.78, 5) is 32.4. The van der Waals surface area contributed by atoms with E-state index in [1.807, 2.05) is 37.3 Å². The molecular weight excluding hydrogens is 884 g/mol. The van der Waals surface area contributed by atoms with Crippen molar-refractivity contribution in [3.63, 3.8) is 0 Å². The standard InChI is InChI=1S/C49H49ClN14O4/c1-48(28-65)26-57-44-35(48)15-32(23-55-44)38-3-5-53-46(59-38)61-40-17-30(21-51)42(63-7-11-66-12-8-63)19-34(40)25-68-29-49(2)27-58-45-36(49)16-33(24-56-45)39-4-6-54-47(60-39)62-41-18-31(22-52)43(20-37(41)50)64-9-13-67-14-10-64/h3-6,15-20,23-24,65H,7-14,25-29H2,1-2H3,(H,55,57)(H,56,58)(H,53,59,61)(H,54,60,62). The number of fused-ring (bicyclic) bond motifs is 2. The Labute approximate surface area is 398 Å². The van der Waals surface area contributed by atoms with Gasteiger partial charge in [-0.3, -0.25) is 0 Å². The summed E-state index contributed by atoms with van der Waals surface area (Å²) in [5, 5.41) is 44.4. The molecule has 8 heterocycles.